The van der Waals surface area contributed by atoms with Crippen LogP contribution < -0.4 is 10.3 Å². The summed E-state index contributed by atoms with van der Waals surface area (Å²) >= 11 is 0. The van der Waals surface area contributed by atoms with E-state index in [0.717, 1.165) is 35.7 Å². The molecule has 1 aliphatic rings. The number of hydrogen-bond donors (Lipinski definition) is 1. The van der Waals surface area contributed by atoms with Crippen LogP contribution in [0.2, 0.25) is 0 Å². The average molecular weight is 284 g/mol. The number of H-pyrrole nitrogens is 1. The van der Waals surface area contributed by atoms with Gasteiger partial charge in [0.05, 0.1) is 11.8 Å². The SMILES string of the molecule is Cc1c(-c2ccc(OC3CC3)cc2)nc(C(C)C)[nH]c1=O. The number of hydrogen-bond acceptors (Lipinski definition) is 3. The molecular formula is C17H20N2O2. The van der Waals surface area contributed by atoms with Crippen molar-refractivity contribution in [2.24, 2.45) is 0 Å². The second-order valence-electron chi connectivity index (χ2n) is 5.92. The van der Waals surface area contributed by atoms with Gasteiger partial charge in [0.2, 0.25) is 0 Å². The van der Waals surface area contributed by atoms with Gasteiger partial charge in [-0.15, -0.1) is 0 Å². The number of ether oxygens (including phenoxy) is 1. The van der Waals surface area contributed by atoms with E-state index in [1.54, 1.807) is 6.92 Å². The summed E-state index contributed by atoms with van der Waals surface area (Å²) in [5.74, 6) is 1.79. The Morgan fingerprint density at radius 3 is 2.48 bits per heavy atom. The van der Waals surface area contributed by atoms with E-state index in [9.17, 15) is 4.79 Å². The highest BCUT2D eigenvalue weighted by Crippen LogP contribution is 2.28. The van der Waals surface area contributed by atoms with E-state index in [0.29, 0.717) is 11.7 Å². The minimum absolute atomic E-state index is 0.0676. The molecule has 2 aromatic rings. The van der Waals surface area contributed by atoms with Crippen LogP contribution in [0.25, 0.3) is 11.3 Å². The predicted molar refractivity (Wildman–Crippen MR) is 82.8 cm³/mol. The van der Waals surface area contributed by atoms with Crippen molar-refractivity contribution in [1.82, 2.24) is 9.97 Å². The molecule has 0 unspecified atom stereocenters. The highest BCUT2D eigenvalue weighted by atomic mass is 16.5. The maximum absolute atomic E-state index is 12.0. The Labute approximate surface area is 124 Å². The number of nitrogens with one attached hydrogen (secondary N) is 1. The minimum atomic E-state index is -0.0676. The molecule has 1 heterocycles. The lowest BCUT2D eigenvalue weighted by molar-refractivity contribution is 0.303. The minimum Gasteiger partial charge on any atom is -0.490 e. The second kappa shape index (κ2) is 5.35. The molecule has 3 rings (SSSR count). The molecule has 0 amide bonds. The zero-order valence-electron chi connectivity index (χ0n) is 12.6. The molecule has 0 radical (unpaired) electrons. The standard InChI is InChI=1S/C17H20N2O2/c1-10(2)16-18-15(11(3)17(20)19-16)12-4-6-13(7-5-12)21-14-8-9-14/h4-7,10,14H,8-9H2,1-3H3,(H,18,19,20). The smallest absolute Gasteiger partial charge is 0.254 e. The first-order valence-electron chi connectivity index (χ1n) is 7.42. The predicted octanol–water partition coefficient (Wildman–Crippen LogP) is 3.41. The van der Waals surface area contributed by atoms with Crippen molar-refractivity contribution in [1.29, 1.82) is 0 Å². The third kappa shape index (κ3) is 2.99. The van der Waals surface area contributed by atoms with Gasteiger partial charge in [0, 0.05) is 17.0 Å². The lowest BCUT2D eigenvalue weighted by Crippen LogP contribution is -2.16. The monoisotopic (exact) mass is 284 g/mol. The van der Waals surface area contributed by atoms with Gasteiger partial charge < -0.3 is 9.72 Å². The fourth-order valence-corrected chi connectivity index (χ4v) is 2.17. The zero-order chi connectivity index (χ0) is 15.0. The van der Waals surface area contributed by atoms with Crippen molar-refractivity contribution in [2.75, 3.05) is 0 Å². The van der Waals surface area contributed by atoms with Gasteiger partial charge in [-0.25, -0.2) is 4.98 Å². The Morgan fingerprint density at radius 2 is 1.90 bits per heavy atom. The summed E-state index contributed by atoms with van der Waals surface area (Å²) in [5.41, 5.74) is 2.28. The largest absolute Gasteiger partial charge is 0.490 e. The van der Waals surface area contributed by atoms with Gasteiger partial charge in [-0.1, -0.05) is 13.8 Å². The Kier molecular flexibility index (Phi) is 3.53. The van der Waals surface area contributed by atoms with E-state index in [2.05, 4.69) is 9.97 Å². The Balaban J connectivity index is 1.96. The van der Waals surface area contributed by atoms with Gasteiger partial charge >= 0.3 is 0 Å². The van der Waals surface area contributed by atoms with E-state index in [-0.39, 0.29) is 11.5 Å². The summed E-state index contributed by atoms with van der Waals surface area (Å²) in [5, 5.41) is 0. The van der Waals surface area contributed by atoms with Crippen LogP contribution in [-0.4, -0.2) is 16.1 Å². The van der Waals surface area contributed by atoms with E-state index >= 15 is 0 Å². The van der Waals surface area contributed by atoms with E-state index in [1.165, 1.54) is 0 Å². The normalized spacial score (nSPS) is 14.5. The second-order valence-corrected chi connectivity index (χ2v) is 5.92. The van der Waals surface area contributed by atoms with Gasteiger partial charge in [0.15, 0.2) is 0 Å². The fourth-order valence-electron chi connectivity index (χ4n) is 2.17. The highest BCUT2D eigenvalue weighted by molar-refractivity contribution is 5.63. The lowest BCUT2D eigenvalue weighted by atomic mass is 10.1. The van der Waals surface area contributed by atoms with E-state index < -0.39 is 0 Å². The molecule has 1 N–H and O–H groups in total. The molecule has 1 aromatic carbocycles. The van der Waals surface area contributed by atoms with Crippen LogP contribution in [0.1, 0.15) is 44.0 Å². The topological polar surface area (TPSA) is 55.0 Å². The van der Waals surface area contributed by atoms with Crippen LogP contribution in [-0.2, 0) is 0 Å². The number of aromatic nitrogens is 2. The van der Waals surface area contributed by atoms with Gasteiger partial charge in [-0.3, -0.25) is 4.79 Å². The van der Waals surface area contributed by atoms with E-state index in [4.69, 9.17) is 4.74 Å². The summed E-state index contributed by atoms with van der Waals surface area (Å²) in [6.45, 7) is 5.84. The number of benzene rings is 1. The maximum atomic E-state index is 12.0. The molecule has 0 atom stereocenters. The van der Waals surface area contributed by atoms with Crippen LogP contribution in [0.4, 0.5) is 0 Å². The Hall–Kier alpha value is -2.10. The van der Waals surface area contributed by atoms with Crippen LogP contribution in [0.5, 0.6) is 5.75 Å². The number of nitrogens with zero attached hydrogens (tertiary/aromatic N) is 1. The summed E-state index contributed by atoms with van der Waals surface area (Å²) < 4.78 is 5.74. The van der Waals surface area contributed by atoms with Crippen LogP contribution in [0.15, 0.2) is 29.1 Å². The molecule has 0 saturated heterocycles. The Bertz CT molecular complexity index is 698. The molecule has 1 saturated carbocycles. The third-order valence-corrected chi connectivity index (χ3v) is 3.67. The first-order chi connectivity index (χ1) is 10.0. The maximum Gasteiger partial charge on any atom is 0.254 e. The molecule has 1 fully saturated rings. The van der Waals surface area contributed by atoms with Crippen molar-refractivity contribution in [3.63, 3.8) is 0 Å². The van der Waals surface area contributed by atoms with Crippen LogP contribution in [0.3, 0.4) is 0 Å². The molecule has 0 spiro atoms. The van der Waals surface area contributed by atoms with Crippen molar-refractivity contribution in [3.05, 3.63) is 46.0 Å². The summed E-state index contributed by atoms with van der Waals surface area (Å²) in [7, 11) is 0. The van der Waals surface area contributed by atoms with Crippen LogP contribution >= 0.6 is 0 Å². The first kappa shape index (κ1) is 13.9. The molecule has 1 aromatic heterocycles. The fraction of sp³-hybridized carbons (Fsp3) is 0.412. The number of aromatic amines is 1. The molecular weight excluding hydrogens is 264 g/mol. The van der Waals surface area contributed by atoms with Crippen molar-refractivity contribution < 1.29 is 4.74 Å². The number of rotatable bonds is 4. The first-order valence-corrected chi connectivity index (χ1v) is 7.42. The van der Waals surface area contributed by atoms with Crippen molar-refractivity contribution >= 4 is 0 Å². The van der Waals surface area contributed by atoms with Crippen molar-refractivity contribution in [3.8, 4) is 17.0 Å². The summed E-state index contributed by atoms with van der Waals surface area (Å²) in [6.07, 6.45) is 2.69. The summed E-state index contributed by atoms with van der Waals surface area (Å²) in [6, 6.07) is 7.84. The molecule has 110 valence electrons. The van der Waals surface area contributed by atoms with Gasteiger partial charge in [0.25, 0.3) is 5.56 Å². The third-order valence-electron chi connectivity index (χ3n) is 3.67. The zero-order valence-corrected chi connectivity index (χ0v) is 12.6. The van der Waals surface area contributed by atoms with Crippen molar-refractivity contribution in [2.45, 2.75) is 45.6 Å². The average Bonchev–Trinajstić information content (AvgIpc) is 3.26. The van der Waals surface area contributed by atoms with Gasteiger partial charge in [-0.05, 0) is 44.0 Å². The molecule has 1 aliphatic carbocycles. The Morgan fingerprint density at radius 1 is 1.24 bits per heavy atom. The highest BCUT2D eigenvalue weighted by Gasteiger charge is 2.23. The molecule has 21 heavy (non-hydrogen) atoms. The lowest BCUT2D eigenvalue weighted by Gasteiger charge is -2.11. The molecule has 0 aliphatic heterocycles. The molecule has 4 heteroatoms. The summed E-state index contributed by atoms with van der Waals surface area (Å²) in [4.78, 5) is 19.5. The van der Waals surface area contributed by atoms with Gasteiger partial charge in [-0.2, -0.15) is 0 Å². The van der Waals surface area contributed by atoms with Gasteiger partial charge in [0.1, 0.15) is 11.6 Å². The quantitative estimate of drug-likeness (QED) is 0.936. The molecule has 4 nitrogen and oxygen atoms in total. The van der Waals surface area contributed by atoms with Crippen LogP contribution in [0, 0.1) is 6.92 Å². The molecule has 0 bridgehead atoms. The van der Waals surface area contributed by atoms with E-state index in [1.807, 2.05) is 38.1 Å².